The molecule has 0 aliphatic rings. The third kappa shape index (κ3) is 3.15. The van der Waals surface area contributed by atoms with Crippen LogP contribution in [0.4, 0.5) is 0 Å². The van der Waals surface area contributed by atoms with Crippen LogP contribution >= 0.6 is 0 Å². The summed E-state index contributed by atoms with van der Waals surface area (Å²) < 4.78 is 7.73. The number of aromatic nitrogens is 2. The van der Waals surface area contributed by atoms with Crippen LogP contribution in [0.25, 0.3) is 16.7 Å². The number of aromatic carboxylic acids is 1. The van der Waals surface area contributed by atoms with Crippen molar-refractivity contribution in [1.29, 1.82) is 0 Å². The summed E-state index contributed by atoms with van der Waals surface area (Å²) in [6.45, 7) is 0.509. The Balaban J connectivity index is 1.61. The van der Waals surface area contributed by atoms with Crippen LogP contribution in [-0.2, 0) is 6.61 Å². The lowest BCUT2D eigenvalue weighted by molar-refractivity contribution is 0.0690. The molecule has 5 nitrogen and oxygen atoms in total. The Morgan fingerprint density at radius 1 is 1.00 bits per heavy atom. The van der Waals surface area contributed by atoms with E-state index in [9.17, 15) is 4.79 Å². The zero-order valence-corrected chi connectivity index (χ0v) is 13.9. The van der Waals surface area contributed by atoms with Crippen LogP contribution in [0.5, 0.6) is 5.75 Å². The minimum Gasteiger partial charge on any atom is -0.489 e. The lowest BCUT2D eigenvalue weighted by Crippen LogP contribution is -2.04. The molecule has 0 atom stereocenters. The maximum atomic E-state index is 11.1. The zero-order valence-electron chi connectivity index (χ0n) is 13.9. The molecule has 26 heavy (non-hydrogen) atoms. The number of rotatable bonds is 5. The largest absolute Gasteiger partial charge is 0.489 e. The molecule has 0 saturated carbocycles. The molecule has 2 aromatic carbocycles. The smallest absolute Gasteiger partial charge is 0.354 e. The highest BCUT2D eigenvalue weighted by Crippen LogP contribution is 2.25. The topological polar surface area (TPSA) is 64.3 Å². The molecule has 0 fully saturated rings. The number of carboxylic acid groups (broad SMARTS) is 1. The quantitative estimate of drug-likeness (QED) is 0.586. The van der Waals surface area contributed by atoms with E-state index in [2.05, 4.69) is 4.98 Å². The molecule has 0 amide bonds. The molecular formula is C21H16N2O3. The van der Waals surface area contributed by atoms with Gasteiger partial charge in [0.05, 0.1) is 5.52 Å². The SMILES string of the molecule is O=C(O)c1cccc(-n2ccc3cc(OCc4ccccc4)ccc32)n1. The Morgan fingerprint density at radius 2 is 1.85 bits per heavy atom. The summed E-state index contributed by atoms with van der Waals surface area (Å²) in [5.41, 5.74) is 2.07. The molecule has 0 saturated heterocycles. The number of hydrogen-bond donors (Lipinski definition) is 1. The van der Waals surface area contributed by atoms with Gasteiger partial charge in [-0.1, -0.05) is 36.4 Å². The van der Waals surface area contributed by atoms with Gasteiger partial charge >= 0.3 is 5.97 Å². The van der Waals surface area contributed by atoms with E-state index in [-0.39, 0.29) is 5.69 Å². The summed E-state index contributed by atoms with van der Waals surface area (Å²) in [5, 5.41) is 10.1. The molecule has 1 N–H and O–H groups in total. The molecule has 0 aliphatic heterocycles. The fourth-order valence-electron chi connectivity index (χ4n) is 2.83. The standard InChI is InChI=1S/C21H16N2O3/c24-21(25)18-7-4-8-20(22-18)23-12-11-16-13-17(9-10-19(16)23)26-14-15-5-2-1-3-6-15/h1-13H,14H2,(H,24,25). The first-order chi connectivity index (χ1) is 12.7. The van der Waals surface area contributed by atoms with Crippen molar-refractivity contribution in [2.75, 3.05) is 0 Å². The zero-order chi connectivity index (χ0) is 17.9. The fraction of sp³-hybridized carbons (Fsp3) is 0.0476. The predicted molar refractivity (Wildman–Crippen MR) is 98.8 cm³/mol. The molecule has 2 heterocycles. The lowest BCUT2D eigenvalue weighted by atomic mass is 10.2. The van der Waals surface area contributed by atoms with Gasteiger partial charge in [0.2, 0.25) is 0 Å². The number of carbonyl (C=O) groups is 1. The van der Waals surface area contributed by atoms with Crippen molar-refractivity contribution in [3.05, 3.63) is 90.3 Å². The number of carboxylic acids is 1. The minimum atomic E-state index is -1.04. The Labute approximate surface area is 150 Å². The number of fused-ring (bicyclic) bond motifs is 1. The Kier molecular flexibility index (Phi) is 4.11. The van der Waals surface area contributed by atoms with Gasteiger partial charge in [-0.05, 0) is 42.0 Å². The van der Waals surface area contributed by atoms with Gasteiger partial charge in [0, 0.05) is 11.6 Å². The highest BCUT2D eigenvalue weighted by Gasteiger charge is 2.09. The van der Waals surface area contributed by atoms with Gasteiger partial charge in [0.25, 0.3) is 0 Å². The molecule has 0 aliphatic carbocycles. The van der Waals surface area contributed by atoms with E-state index in [4.69, 9.17) is 9.84 Å². The van der Waals surface area contributed by atoms with Gasteiger partial charge < -0.3 is 14.4 Å². The Hall–Kier alpha value is -3.60. The highest BCUT2D eigenvalue weighted by atomic mass is 16.5. The van der Waals surface area contributed by atoms with Crippen molar-refractivity contribution in [3.8, 4) is 11.6 Å². The van der Waals surface area contributed by atoms with Crippen LogP contribution in [0.3, 0.4) is 0 Å². The van der Waals surface area contributed by atoms with Crippen molar-refractivity contribution in [3.63, 3.8) is 0 Å². The van der Waals surface area contributed by atoms with Crippen LogP contribution in [0, 0.1) is 0 Å². The average molecular weight is 344 g/mol. The first-order valence-electron chi connectivity index (χ1n) is 8.19. The molecular weight excluding hydrogens is 328 g/mol. The fourth-order valence-corrected chi connectivity index (χ4v) is 2.83. The summed E-state index contributed by atoms with van der Waals surface area (Å²) in [5.74, 6) is 0.309. The van der Waals surface area contributed by atoms with Crippen LogP contribution < -0.4 is 4.74 Å². The van der Waals surface area contributed by atoms with Gasteiger partial charge in [-0.25, -0.2) is 9.78 Å². The van der Waals surface area contributed by atoms with Crippen molar-refractivity contribution in [1.82, 2.24) is 9.55 Å². The third-order valence-corrected chi connectivity index (χ3v) is 4.11. The van der Waals surface area contributed by atoms with E-state index in [1.165, 1.54) is 6.07 Å². The first-order valence-corrected chi connectivity index (χ1v) is 8.19. The molecule has 5 heteroatoms. The van der Waals surface area contributed by atoms with Gasteiger partial charge in [-0.2, -0.15) is 0 Å². The van der Waals surface area contributed by atoms with E-state index < -0.39 is 5.97 Å². The van der Waals surface area contributed by atoms with E-state index in [1.54, 1.807) is 12.1 Å². The van der Waals surface area contributed by atoms with Crippen LogP contribution in [0.15, 0.2) is 79.0 Å². The van der Waals surface area contributed by atoms with Crippen LogP contribution in [0.1, 0.15) is 16.1 Å². The van der Waals surface area contributed by atoms with Crippen LogP contribution in [-0.4, -0.2) is 20.6 Å². The van der Waals surface area contributed by atoms with Crippen molar-refractivity contribution >= 4 is 16.9 Å². The average Bonchev–Trinajstić information content (AvgIpc) is 3.10. The van der Waals surface area contributed by atoms with E-state index >= 15 is 0 Å². The van der Waals surface area contributed by atoms with Gasteiger partial charge in [-0.15, -0.1) is 0 Å². The molecule has 4 aromatic rings. The minimum absolute atomic E-state index is 0.0205. The van der Waals surface area contributed by atoms with E-state index in [0.29, 0.717) is 12.4 Å². The van der Waals surface area contributed by atoms with Gasteiger partial charge in [0.15, 0.2) is 5.69 Å². The second kappa shape index (κ2) is 6.72. The summed E-state index contributed by atoms with van der Waals surface area (Å²) in [7, 11) is 0. The van der Waals surface area contributed by atoms with Crippen molar-refractivity contribution < 1.29 is 14.6 Å². The molecule has 4 rings (SSSR count). The number of benzene rings is 2. The molecule has 0 unspecified atom stereocenters. The number of ether oxygens (including phenoxy) is 1. The van der Waals surface area contributed by atoms with Crippen molar-refractivity contribution in [2.24, 2.45) is 0 Å². The second-order valence-corrected chi connectivity index (χ2v) is 5.87. The number of nitrogens with zero attached hydrogens (tertiary/aromatic N) is 2. The number of pyridine rings is 1. The summed E-state index contributed by atoms with van der Waals surface area (Å²) in [6, 6.07) is 22.7. The van der Waals surface area contributed by atoms with Gasteiger partial charge in [0.1, 0.15) is 18.2 Å². The predicted octanol–water partition coefficient (Wildman–Crippen LogP) is 4.30. The second-order valence-electron chi connectivity index (χ2n) is 5.87. The molecule has 0 radical (unpaired) electrons. The maximum Gasteiger partial charge on any atom is 0.354 e. The number of hydrogen-bond acceptors (Lipinski definition) is 3. The summed E-state index contributed by atoms with van der Waals surface area (Å²) in [4.78, 5) is 15.3. The van der Waals surface area contributed by atoms with Crippen LogP contribution in [0.2, 0.25) is 0 Å². The van der Waals surface area contributed by atoms with E-state index in [1.807, 2.05) is 65.4 Å². The molecule has 128 valence electrons. The first kappa shape index (κ1) is 15.9. The third-order valence-electron chi connectivity index (χ3n) is 4.11. The molecule has 0 spiro atoms. The van der Waals surface area contributed by atoms with Crippen molar-refractivity contribution in [2.45, 2.75) is 6.61 Å². The maximum absolute atomic E-state index is 11.1. The van der Waals surface area contributed by atoms with Gasteiger partial charge in [-0.3, -0.25) is 0 Å². The summed E-state index contributed by atoms with van der Waals surface area (Å²) >= 11 is 0. The molecule has 0 bridgehead atoms. The monoisotopic (exact) mass is 344 g/mol. The lowest BCUT2D eigenvalue weighted by Gasteiger charge is -2.08. The molecule has 2 aromatic heterocycles. The Morgan fingerprint density at radius 3 is 2.65 bits per heavy atom. The normalized spacial score (nSPS) is 10.8. The van der Waals surface area contributed by atoms with E-state index in [0.717, 1.165) is 22.2 Å². The summed E-state index contributed by atoms with van der Waals surface area (Å²) in [6.07, 6.45) is 1.87. The highest BCUT2D eigenvalue weighted by molar-refractivity contribution is 5.86. The Bertz CT molecular complexity index is 1070.